The minimum Gasteiger partial charge on any atom is -0.287 e. The van der Waals surface area contributed by atoms with Crippen molar-refractivity contribution in [2.75, 3.05) is 0 Å². The molecule has 1 N–H and O–H groups in total. The molecule has 0 spiro atoms. The van der Waals surface area contributed by atoms with Gasteiger partial charge < -0.3 is 0 Å². The summed E-state index contributed by atoms with van der Waals surface area (Å²) in [6.45, 7) is 0. The second-order valence-corrected chi connectivity index (χ2v) is 5.68. The van der Waals surface area contributed by atoms with E-state index in [4.69, 9.17) is 11.6 Å². The molecule has 0 radical (unpaired) electrons. The zero-order valence-corrected chi connectivity index (χ0v) is 12.6. The molecule has 3 aromatic rings. The number of fused-ring (bicyclic) bond motifs is 1. The van der Waals surface area contributed by atoms with Crippen LogP contribution < -0.4 is 5.43 Å². The molecule has 106 valence electrons. The molecule has 0 aliphatic carbocycles. The molecule has 21 heavy (non-hydrogen) atoms. The number of rotatable bonds is 1. The fraction of sp³-hybridized carbons (Fsp3) is 0. The van der Waals surface area contributed by atoms with Crippen LogP contribution in [0.15, 0.2) is 39.7 Å². The Morgan fingerprint density at radius 3 is 2.62 bits per heavy atom. The normalized spacial score (nSPS) is 11.0. The molecule has 3 nitrogen and oxygen atoms in total. The van der Waals surface area contributed by atoms with Crippen LogP contribution in [0.1, 0.15) is 0 Å². The Balaban J connectivity index is 2.36. The second kappa shape index (κ2) is 5.20. The van der Waals surface area contributed by atoms with Crippen molar-refractivity contribution in [1.29, 1.82) is 0 Å². The van der Waals surface area contributed by atoms with Crippen molar-refractivity contribution >= 4 is 38.4 Å². The fourth-order valence-corrected chi connectivity index (χ4v) is 2.96. The molecule has 1 aromatic heterocycles. The van der Waals surface area contributed by atoms with Crippen molar-refractivity contribution < 1.29 is 8.78 Å². The number of nitrogens with one attached hydrogen (secondary N) is 1. The summed E-state index contributed by atoms with van der Waals surface area (Å²) in [5, 5.41) is 6.43. The fourth-order valence-electron chi connectivity index (χ4n) is 2.09. The molecule has 0 unspecified atom stereocenters. The number of benzene rings is 2. The summed E-state index contributed by atoms with van der Waals surface area (Å²) >= 11 is 9.11. The van der Waals surface area contributed by atoms with Crippen LogP contribution in [0.25, 0.3) is 22.0 Å². The van der Waals surface area contributed by atoms with Gasteiger partial charge in [-0.3, -0.25) is 9.89 Å². The van der Waals surface area contributed by atoms with Crippen molar-refractivity contribution in [2.45, 2.75) is 0 Å². The topological polar surface area (TPSA) is 45.8 Å². The summed E-state index contributed by atoms with van der Waals surface area (Å²) in [6.07, 6.45) is 1.05. The van der Waals surface area contributed by atoms with Gasteiger partial charge in [-0.05, 0) is 24.3 Å². The van der Waals surface area contributed by atoms with Crippen LogP contribution in [0, 0.1) is 11.6 Å². The molecule has 2 aromatic carbocycles. The lowest BCUT2D eigenvalue weighted by atomic mass is 10.0. The van der Waals surface area contributed by atoms with Crippen molar-refractivity contribution in [3.63, 3.8) is 0 Å². The van der Waals surface area contributed by atoms with Crippen molar-refractivity contribution in [1.82, 2.24) is 10.2 Å². The van der Waals surface area contributed by atoms with Gasteiger partial charge in [-0.1, -0.05) is 27.5 Å². The van der Waals surface area contributed by atoms with Crippen LogP contribution in [0.2, 0.25) is 5.02 Å². The van der Waals surface area contributed by atoms with E-state index in [1.165, 1.54) is 18.2 Å². The molecular weight excluding hydrogens is 366 g/mol. The van der Waals surface area contributed by atoms with Gasteiger partial charge in [0.1, 0.15) is 11.6 Å². The van der Waals surface area contributed by atoms with Crippen LogP contribution in [0.5, 0.6) is 0 Å². The van der Waals surface area contributed by atoms with Crippen molar-refractivity contribution in [3.8, 4) is 11.1 Å². The molecule has 0 saturated carbocycles. The third-order valence-corrected chi connectivity index (χ3v) is 3.77. The van der Waals surface area contributed by atoms with E-state index in [2.05, 4.69) is 26.1 Å². The molecule has 0 amide bonds. The van der Waals surface area contributed by atoms with E-state index < -0.39 is 17.1 Å². The molecule has 3 rings (SSSR count). The summed E-state index contributed by atoms with van der Waals surface area (Å²) < 4.78 is 28.8. The minimum absolute atomic E-state index is 0.0406. The van der Waals surface area contributed by atoms with Crippen molar-refractivity contribution in [2.24, 2.45) is 0 Å². The number of hydrogen-bond acceptors (Lipinski definition) is 2. The Labute approximate surface area is 130 Å². The lowest BCUT2D eigenvalue weighted by Gasteiger charge is -2.09. The quantitative estimate of drug-likeness (QED) is 0.694. The SMILES string of the molecule is O=c1cn[nH]c2cc(-c3c(F)cc(Br)cc3Cl)c(F)cc12. The molecule has 0 atom stereocenters. The maximum atomic E-state index is 14.2. The Morgan fingerprint density at radius 2 is 1.90 bits per heavy atom. The van der Waals surface area contributed by atoms with Crippen LogP contribution in [0.4, 0.5) is 8.78 Å². The molecule has 1 heterocycles. The molecular formula is C14H6BrClF2N2O. The molecule has 0 bridgehead atoms. The average Bonchev–Trinajstić information content (AvgIpc) is 2.39. The number of aromatic nitrogens is 2. The average molecular weight is 372 g/mol. The molecule has 0 aliphatic rings. The summed E-state index contributed by atoms with van der Waals surface area (Å²) in [5.41, 5.74) is -0.223. The van der Waals surface area contributed by atoms with Crippen LogP contribution in [0.3, 0.4) is 0 Å². The highest BCUT2D eigenvalue weighted by Gasteiger charge is 2.17. The minimum atomic E-state index is -0.734. The van der Waals surface area contributed by atoms with Gasteiger partial charge in [-0.15, -0.1) is 0 Å². The number of nitrogens with zero attached hydrogens (tertiary/aromatic N) is 1. The molecule has 0 saturated heterocycles. The number of aromatic amines is 1. The van der Waals surface area contributed by atoms with Gasteiger partial charge in [-0.25, -0.2) is 8.78 Å². The summed E-state index contributed by atoms with van der Waals surface area (Å²) in [7, 11) is 0. The highest BCUT2D eigenvalue weighted by molar-refractivity contribution is 9.10. The maximum absolute atomic E-state index is 14.2. The number of halogens is 4. The van der Waals surface area contributed by atoms with Crippen molar-refractivity contribution in [3.05, 3.63) is 61.8 Å². The molecule has 0 aliphatic heterocycles. The van der Waals surface area contributed by atoms with Gasteiger partial charge in [-0.2, -0.15) is 5.10 Å². The van der Waals surface area contributed by atoms with Gasteiger partial charge >= 0.3 is 0 Å². The Bertz CT molecular complexity index is 903. The van der Waals surface area contributed by atoms with E-state index in [-0.39, 0.29) is 21.5 Å². The molecule has 0 fully saturated rings. The summed E-state index contributed by atoms with van der Waals surface area (Å²) in [6, 6.07) is 5.02. The van der Waals surface area contributed by atoms with Gasteiger partial charge in [0.25, 0.3) is 0 Å². The second-order valence-electron chi connectivity index (χ2n) is 4.36. The highest BCUT2D eigenvalue weighted by atomic mass is 79.9. The van der Waals surface area contributed by atoms with Crippen LogP contribution in [-0.4, -0.2) is 10.2 Å². The van der Waals surface area contributed by atoms with Gasteiger partial charge in [0.2, 0.25) is 5.43 Å². The van der Waals surface area contributed by atoms with Crippen LogP contribution >= 0.6 is 27.5 Å². The zero-order chi connectivity index (χ0) is 15.1. The van der Waals surface area contributed by atoms with Gasteiger partial charge in [0, 0.05) is 15.6 Å². The van der Waals surface area contributed by atoms with Gasteiger partial charge in [0.05, 0.1) is 22.1 Å². The first kappa shape index (κ1) is 14.2. The van der Waals surface area contributed by atoms with E-state index in [1.807, 2.05) is 0 Å². The Kier molecular flexibility index (Phi) is 3.51. The predicted octanol–water partition coefficient (Wildman–Crippen LogP) is 4.28. The third-order valence-electron chi connectivity index (χ3n) is 3.02. The van der Waals surface area contributed by atoms with Gasteiger partial charge in [0.15, 0.2) is 0 Å². The summed E-state index contributed by atoms with van der Waals surface area (Å²) in [5.74, 6) is -1.40. The van der Waals surface area contributed by atoms with E-state index in [0.717, 1.165) is 12.3 Å². The Hall–Kier alpha value is -1.79. The largest absolute Gasteiger partial charge is 0.287 e. The van der Waals surface area contributed by atoms with E-state index >= 15 is 0 Å². The van der Waals surface area contributed by atoms with Crippen LogP contribution in [-0.2, 0) is 0 Å². The summed E-state index contributed by atoms with van der Waals surface area (Å²) in [4.78, 5) is 11.6. The monoisotopic (exact) mass is 370 g/mol. The highest BCUT2D eigenvalue weighted by Crippen LogP contribution is 2.35. The Morgan fingerprint density at radius 1 is 1.14 bits per heavy atom. The first-order chi connectivity index (χ1) is 9.97. The zero-order valence-electron chi connectivity index (χ0n) is 10.3. The van der Waals surface area contributed by atoms with E-state index in [1.54, 1.807) is 0 Å². The number of H-pyrrole nitrogens is 1. The first-order valence-electron chi connectivity index (χ1n) is 5.79. The van der Waals surface area contributed by atoms with E-state index in [9.17, 15) is 13.6 Å². The van der Waals surface area contributed by atoms with E-state index in [0.29, 0.717) is 9.99 Å². The standard InChI is InChI=1S/C14H6BrClF2N2O/c15-6-1-9(16)14(11(18)2-6)7-4-12-8(3-10(7)17)13(21)5-19-20-12/h1-5H,(H,20,21). The third kappa shape index (κ3) is 2.45. The molecule has 7 heteroatoms. The predicted molar refractivity (Wildman–Crippen MR) is 80.4 cm³/mol. The lowest BCUT2D eigenvalue weighted by Crippen LogP contribution is -2.04. The number of hydrogen-bond donors (Lipinski definition) is 1. The maximum Gasteiger partial charge on any atom is 0.208 e. The lowest BCUT2D eigenvalue weighted by molar-refractivity contribution is 0.617. The first-order valence-corrected chi connectivity index (χ1v) is 6.96. The smallest absolute Gasteiger partial charge is 0.208 e.